The van der Waals surface area contributed by atoms with E-state index in [9.17, 15) is 9.59 Å². The molecule has 1 aromatic carbocycles. The molecule has 0 aliphatic carbocycles. The van der Waals surface area contributed by atoms with Crippen LogP contribution in [0, 0.1) is 11.8 Å². The Morgan fingerprint density at radius 1 is 1.42 bits per heavy atom. The highest BCUT2D eigenvalue weighted by Crippen LogP contribution is 2.18. The average molecular weight is 297 g/mol. The number of rotatable bonds is 4. The summed E-state index contributed by atoms with van der Waals surface area (Å²) in [6.07, 6.45) is 0.528. The van der Waals surface area contributed by atoms with E-state index in [0.717, 1.165) is 5.56 Å². The third kappa shape index (κ3) is 6.32. The summed E-state index contributed by atoms with van der Waals surface area (Å²) in [5.74, 6) is 5.64. The second-order valence-corrected chi connectivity index (χ2v) is 5.45. The Labute approximate surface area is 121 Å². The summed E-state index contributed by atoms with van der Waals surface area (Å²) in [5.41, 5.74) is 1.32. The van der Waals surface area contributed by atoms with Gasteiger partial charge < -0.3 is 5.11 Å². The van der Waals surface area contributed by atoms with Crippen LogP contribution in [0.1, 0.15) is 24.5 Å². The molecular formula is C14H13ClO3S. The lowest BCUT2D eigenvalue weighted by atomic mass is 10.1. The standard InChI is InChI=1S/C14H13ClO3S/c1-10(16)19-7-3-2-4-11-5-6-12(9-14(17)18)13(15)8-11/h5-6,8H,3,7,9H2,1H3,(H,17,18). The fraction of sp³-hybridized carbons (Fsp3) is 0.286. The van der Waals surface area contributed by atoms with E-state index in [1.165, 1.54) is 18.7 Å². The van der Waals surface area contributed by atoms with Crippen LogP contribution >= 0.6 is 23.4 Å². The minimum Gasteiger partial charge on any atom is -0.481 e. The van der Waals surface area contributed by atoms with Gasteiger partial charge in [0.05, 0.1) is 6.42 Å². The van der Waals surface area contributed by atoms with Crippen molar-refractivity contribution >= 4 is 34.4 Å². The first kappa shape index (κ1) is 15.6. The van der Waals surface area contributed by atoms with Crippen molar-refractivity contribution in [3.05, 3.63) is 34.3 Å². The van der Waals surface area contributed by atoms with Gasteiger partial charge in [-0.2, -0.15) is 0 Å². The van der Waals surface area contributed by atoms with Crippen LogP contribution in [-0.2, 0) is 16.0 Å². The topological polar surface area (TPSA) is 54.4 Å². The number of hydrogen-bond donors (Lipinski definition) is 1. The largest absolute Gasteiger partial charge is 0.481 e. The smallest absolute Gasteiger partial charge is 0.307 e. The molecule has 0 radical (unpaired) electrons. The molecule has 1 rings (SSSR count). The van der Waals surface area contributed by atoms with Gasteiger partial charge in [-0.1, -0.05) is 41.3 Å². The number of aliphatic carboxylic acids is 1. The molecule has 0 unspecified atom stereocenters. The van der Waals surface area contributed by atoms with E-state index in [0.29, 0.717) is 22.8 Å². The molecule has 100 valence electrons. The fourth-order valence-corrected chi connectivity index (χ4v) is 2.08. The first-order valence-corrected chi connectivity index (χ1v) is 6.98. The second kappa shape index (κ2) is 7.88. The number of benzene rings is 1. The summed E-state index contributed by atoms with van der Waals surface area (Å²) in [7, 11) is 0. The molecule has 0 heterocycles. The molecule has 1 aromatic rings. The molecule has 0 saturated carbocycles. The van der Waals surface area contributed by atoms with Gasteiger partial charge in [0.1, 0.15) is 0 Å². The zero-order valence-corrected chi connectivity index (χ0v) is 12.0. The maximum Gasteiger partial charge on any atom is 0.307 e. The summed E-state index contributed by atoms with van der Waals surface area (Å²) in [6.45, 7) is 1.53. The van der Waals surface area contributed by atoms with Gasteiger partial charge in [0, 0.05) is 29.7 Å². The molecule has 3 nitrogen and oxygen atoms in total. The lowest BCUT2D eigenvalue weighted by Crippen LogP contribution is -2.00. The van der Waals surface area contributed by atoms with Crippen LogP contribution in [0.4, 0.5) is 0 Å². The van der Waals surface area contributed by atoms with Gasteiger partial charge >= 0.3 is 5.97 Å². The molecule has 1 N–H and O–H groups in total. The van der Waals surface area contributed by atoms with Gasteiger partial charge in [-0.15, -0.1) is 0 Å². The molecule has 0 bridgehead atoms. The average Bonchev–Trinajstić information content (AvgIpc) is 2.31. The normalized spacial score (nSPS) is 9.58. The number of hydrogen-bond acceptors (Lipinski definition) is 3. The van der Waals surface area contributed by atoms with Crippen molar-refractivity contribution < 1.29 is 14.7 Å². The number of carbonyl (C=O) groups excluding carboxylic acids is 1. The first-order valence-electron chi connectivity index (χ1n) is 5.61. The predicted octanol–water partition coefficient (Wildman–Crippen LogP) is 2.99. The van der Waals surface area contributed by atoms with E-state index >= 15 is 0 Å². The Morgan fingerprint density at radius 2 is 2.16 bits per heavy atom. The Morgan fingerprint density at radius 3 is 2.74 bits per heavy atom. The maximum absolute atomic E-state index is 10.7. The predicted molar refractivity (Wildman–Crippen MR) is 77.4 cm³/mol. The van der Waals surface area contributed by atoms with Crippen LogP contribution in [0.25, 0.3) is 0 Å². The second-order valence-electron chi connectivity index (χ2n) is 3.77. The molecule has 0 saturated heterocycles. The van der Waals surface area contributed by atoms with E-state index in [-0.39, 0.29) is 11.5 Å². The molecule has 0 spiro atoms. The minimum atomic E-state index is -0.915. The molecule has 0 amide bonds. The highest BCUT2D eigenvalue weighted by molar-refractivity contribution is 8.13. The molecule has 0 aliphatic rings. The summed E-state index contributed by atoms with van der Waals surface area (Å²) >= 11 is 7.22. The number of halogens is 1. The van der Waals surface area contributed by atoms with Crippen LogP contribution in [0.5, 0.6) is 0 Å². The van der Waals surface area contributed by atoms with Crippen LogP contribution in [0.3, 0.4) is 0 Å². The van der Waals surface area contributed by atoms with Gasteiger partial charge in [-0.25, -0.2) is 0 Å². The van der Waals surface area contributed by atoms with Crippen LogP contribution in [0.2, 0.25) is 5.02 Å². The van der Waals surface area contributed by atoms with E-state index in [1.807, 2.05) is 0 Å². The number of carboxylic acids is 1. The fourth-order valence-electron chi connectivity index (χ4n) is 1.34. The molecular weight excluding hydrogens is 284 g/mol. The van der Waals surface area contributed by atoms with E-state index < -0.39 is 5.97 Å². The number of thioether (sulfide) groups is 1. The monoisotopic (exact) mass is 296 g/mol. The van der Waals surface area contributed by atoms with Gasteiger partial charge in [0.25, 0.3) is 0 Å². The highest BCUT2D eigenvalue weighted by atomic mass is 35.5. The molecule has 0 aromatic heterocycles. The van der Waals surface area contributed by atoms with Crippen molar-refractivity contribution in [1.82, 2.24) is 0 Å². The van der Waals surface area contributed by atoms with Crippen molar-refractivity contribution in [3.63, 3.8) is 0 Å². The van der Waals surface area contributed by atoms with Crippen molar-refractivity contribution in [2.24, 2.45) is 0 Å². The lowest BCUT2D eigenvalue weighted by Gasteiger charge is -2.01. The van der Waals surface area contributed by atoms with Crippen molar-refractivity contribution in [1.29, 1.82) is 0 Å². The zero-order chi connectivity index (χ0) is 14.3. The van der Waals surface area contributed by atoms with E-state index in [2.05, 4.69) is 11.8 Å². The Kier molecular flexibility index (Phi) is 6.48. The van der Waals surface area contributed by atoms with Crippen molar-refractivity contribution in [2.45, 2.75) is 19.8 Å². The Bertz CT molecular complexity index is 543. The Balaban J connectivity index is 2.61. The van der Waals surface area contributed by atoms with E-state index in [4.69, 9.17) is 16.7 Å². The highest BCUT2D eigenvalue weighted by Gasteiger charge is 2.05. The summed E-state index contributed by atoms with van der Waals surface area (Å²) < 4.78 is 0. The summed E-state index contributed by atoms with van der Waals surface area (Å²) in [5, 5.41) is 9.19. The molecule has 0 aliphatic heterocycles. The number of carbonyl (C=O) groups is 2. The molecule has 0 fully saturated rings. The van der Waals surface area contributed by atoms with Gasteiger partial charge in [0.2, 0.25) is 0 Å². The molecule has 19 heavy (non-hydrogen) atoms. The van der Waals surface area contributed by atoms with Crippen LogP contribution < -0.4 is 0 Å². The van der Waals surface area contributed by atoms with E-state index in [1.54, 1.807) is 18.2 Å². The molecule has 0 atom stereocenters. The summed E-state index contributed by atoms with van der Waals surface area (Å²) in [4.78, 5) is 21.3. The minimum absolute atomic E-state index is 0.0860. The van der Waals surface area contributed by atoms with Gasteiger partial charge in [-0.05, 0) is 17.7 Å². The molecule has 5 heteroatoms. The van der Waals surface area contributed by atoms with Gasteiger partial charge in [0.15, 0.2) is 5.12 Å². The quantitative estimate of drug-likeness (QED) is 0.685. The van der Waals surface area contributed by atoms with Crippen LogP contribution in [0.15, 0.2) is 18.2 Å². The summed E-state index contributed by atoms with van der Waals surface area (Å²) in [6, 6.07) is 5.07. The van der Waals surface area contributed by atoms with Crippen molar-refractivity contribution in [2.75, 3.05) is 5.75 Å². The lowest BCUT2D eigenvalue weighted by molar-refractivity contribution is -0.136. The third-order valence-corrected chi connectivity index (χ3v) is 3.33. The third-order valence-electron chi connectivity index (χ3n) is 2.16. The van der Waals surface area contributed by atoms with Gasteiger partial charge in [-0.3, -0.25) is 9.59 Å². The SMILES string of the molecule is CC(=O)SCCC#Cc1ccc(CC(=O)O)c(Cl)c1. The zero-order valence-electron chi connectivity index (χ0n) is 10.4. The van der Waals surface area contributed by atoms with Crippen molar-refractivity contribution in [3.8, 4) is 11.8 Å². The van der Waals surface area contributed by atoms with Crippen LogP contribution in [-0.4, -0.2) is 21.9 Å². The number of carboxylic acid groups (broad SMARTS) is 1. The maximum atomic E-state index is 10.7. The first-order chi connectivity index (χ1) is 8.99. The Hall–Kier alpha value is -1.44.